The van der Waals surface area contributed by atoms with Crippen molar-refractivity contribution in [3.8, 4) is 5.75 Å². The summed E-state index contributed by atoms with van der Waals surface area (Å²) in [6, 6.07) is 6.66. The molecule has 1 aromatic carbocycles. The summed E-state index contributed by atoms with van der Waals surface area (Å²) in [5.74, 6) is 1.43. The lowest BCUT2D eigenvalue weighted by atomic mass is 9.85. The van der Waals surface area contributed by atoms with Crippen molar-refractivity contribution in [2.45, 2.75) is 44.2 Å². The molecule has 0 bridgehead atoms. The summed E-state index contributed by atoms with van der Waals surface area (Å²) in [5.41, 5.74) is 1.29. The number of aliphatic hydroxyl groups excluding tert-OH is 1. The third-order valence-corrected chi connectivity index (χ3v) is 5.01. The summed E-state index contributed by atoms with van der Waals surface area (Å²) in [4.78, 5) is 0. The molecule has 20 heavy (non-hydrogen) atoms. The van der Waals surface area contributed by atoms with E-state index in [1.165, 1.54) is 24.8 Å². The number of fused-ring (bicyclic) bond motifs is 1. The first-order valence-corrected chi connectivity index (χ1v) is 8.35. The van der Waals surface area contributed by atoms with Gasteiger partial charge in [-0.05, 0) is 42.5 Å². The minimum Gasteiger partial charge on any atom is -0.488 e. The molecule has 3 atom stereocenters. The highest BCUT2D eigenvalue weighted by Crippen LogP contribution is 2.31. The molecule has 0 aromatic heterocycles. The van der Waals surface area contributed by atoms with Gasteiger partial charge in [-0.25, -0.2) is 0 Å². The summed E-state index contributed by atoms with van der Waals surface area (Å²) in [6.07, 6.45) is 6.04. The maximum Gasteiger partial charge on any atom is 0.123 e. The van der Waals surface area contributed by atoms with Gasteiger partial charge in [-0.1, -0.05) is 28.8 Å². The number of rotatable bonds is 4. The Hall–Kier alpha value is -0.580. The molecule has 2 aliphatic rings. The second kappa shape index (κ2) is 6.46. The zero-order chi connectivity index (χ0) is 13.9. The Morgan fingerprint density at radius 2 is 2.15 bits per heavy atom. The van der Waals surface area contributed by atoms with E-state index in [9.17, 15) is 5.11 Å². The monoisotopic (exact) mass is 339 g/mol. The van der Waals surface area contributed by atoms with Crippen LogP contribution >= 0.6 is 15.9 Å². The van der Waals surface area contributed by atoms with Gasteiger partial charge < -0.3 is 15.2 Å². The number of benzene rings is 1. The van der Waals surface area contributed by atoms with Gasteiger partial charge in [-0.2, -0.15) is 0 Å². The molecule has 1 fully saturated rings. The Bertz CT molecular complexity index is 466. The molecule has 3 nitrogen and oxygen atoms in total. The Labute approximate surface area is 128 Å². The fraction of sp³-hybridized carbons (Fsp3) is 0.625. The largest absolute Gasteiger partial charge is 0.488 e. The van der Waals surface area contributed by atoms with E-state index in [2.05, 4.69) is 27.3 Å². The molecule has 1 aliphatic carbocycles. The average molecular weight is 340 g/mol. The highest BCUT2D eigenvalue weighted by atomic mass is 79.9. The summed E-state index contributed by atoms with van der Waals surface area (Å²) in [6.45, 7) is 1.17. The number of hydrogen-bond donors (Lipinski definition) is 2. The normalized spacial score (nSPS) is 29.0. The van der Waals surface area contributed by atoms with E-state index in [-0.39, 0.29) is 6.10 Å². The third-order valence-electron chi connectivity index (χ3n) is 4.52. The molecule has 3 unspecified atom stereocenters. The lowest BCUT2D eigenvalue weighted by Crippen LogP contribution is -2.44. The van der Waals surface area contributed by atoms with Crippen LogP contribution in [0.1, 0.15) is 31.2 Å². The van der Waals surface area contributed by atoms with Crippen molar-refractivity contribution >= 4 is 15.9 Å². The molecule has 1 aromatic rings. The predicted octanol–water partition coefficient (Wildman–Crippen LogP) is 2.89. The lowest BCUT2D eigenvalue weighted by molar-refractivity contribution is 0.140. The minimum atomic E-state index is 0.223. The van der Waals surface area contributed by atoms with E-state index >= 15 is 0 Å². The van der Waals surface area contributed by atoms with Gasteiger partial charge in [0.1, 0.15) is 11.9 Å². The first-order valence-electron chi connectivity index (χ1n) is 7.55. The van der Waals surface area contributed by atoms with Crippen molar-refractivity contribution in [2.75, 3.05) is 13.2 Å². The molecule has 2 N–H and O–H groups in total. The van der Waals surface area contributed by atoms with Crippen molar-refractivity contribution in [2.24, 2.45) is 5.92 Å². The van der Waals surface area contributed by atoms with E-state index < -0.39 is 0 Å². The molecule has 1 heterocycles. The van der Waals surface area contributed by atoms with E-state index in [1.54, 1.807) is 0 Å². The van der Waals surface area contributed by atoms with Crippen LogP contribution in [0.2, 0.25) is 0 Å². The second-order valence-electron chi connectivity index (χ2n) is 5.94. The fourth-order valence-electron chi connectivity index (χ4n) is 3.38. The molecule has 0 saturated heterocycles. The second-order valence-corrected chi connectivity index (χ2v) is 6.85. The third kappa shape index (κ3) is 3.18. The summed E-state index contributed by atoms with van der Waals surface area (Å²) in [5, 5.41) is 13.1. The number of nitrogens with one attached hydrogen (secondary N) is 1. The summed E-state index contributed by atoms with van der Waals surface area (Å²) in [7, 11) is 0. The zero-order valence-electron chi connectivity index (χ0n) is 11.6. The van der Waals surface area contributed by atoms with Crippen LogP contribution < -0.4 is 10.1 Å². The van der Waals surface area contributed by atoms with Crippen LogP contribution in [0, 0.1) is 5.92 Å². The number of ether oxygens (including phenoxy) is 1. The van der Waals surface area contributed by atoms with Crippen molar-refractivity contribution in [1.82, 2.24) is 5.32 Å². The summed E-state index contributed by atoms with van der Waals surface area (Å²) >= 11 is 3.50. The van der Waals surface area contributed by atoms with E-state index in [0.717, 1.165) is 29.6 Å². The molecular formula is C16H22BrNO2. The zero-order valence-corrected chi connectivity index (χ0v) is 13.2. The standard InChI is InChI=1S/C16H22BrNO2/c17-13-5-6-16-12(7-13)8-14(20-16)9-18-15-4-2-1-3-11(15)10-19/h5-7,11,14-15,18-19H,1-4,8-10H2. The Morgan fingerprint density at radius 3 is 3.00 bits per heavy atom. The first-order chi connectivity index (χ1) is 9.76. The molecule has 0 amide bonds. The van der Waals surface area contributed by atoms with Crippen LogP contribution in [-0.4, -0.2) is 30.4 Å². The number of hydrogen-bond acceptors (Lipinski definition) is 3. The van der Waals surface area contributed by atoms with Crippen molar-refractivity contribution in [3.63, 3.8) is 0 Å². The van der Waals surface area contributed by atoms with Crippen LogP contribution in [-0.2, 0) is 6.42 Å². The molecule has 110 valence electrons. The number of aliphatic hydroxyl groups is 1. The summed E-state index contributed by atoms with van der Waals surface area (Å²) < 4.78 is 7.09. The first kappa shape index (κ1) is 14.4. The van der Waals surface area contributed by atoms with Gasteiger partial charge in [0.15, 0.2) is 0 Å². The SMILES string of the molecule is OCC1CCCCC1NCC1Cc2cc(Br)ccc2O1. The minimum absolute atomic E-state index is 0.223. The van der Waals surface area contributed by atoms with Crippen molar-refractivity contribution < 1.29 is 9.84 Å². The Kier molecular flexibility index (Phi) is 4.64. The van der Waals surface area contributed by atoms with Crippen LogP contribution in [0.15, 0.2) is 22.7 Å². The van der Waals surface area contributed by atoms with Gasteiger partial charge in [0, 0.05) is 30.1 Å². The van der Waals surface area contributed by atoms with Crippen LogP contribution in [0.3, 0.4) is 0 Å². The van der Waals surface area contributed by atoms with E-state index in [0.29, 0.717) is 18.6 Å². The molecule has 4 heteroatoms. The molecule has 1 aliphatic heterocycles. The Morgan fingerprint density at radius 1 is 1.30 bits per heavy atom. The van der Waals surface area contributed by atoms with Crippen LogP contribution in [0.25, 0.3) is 0 Å². The van der Waals surface area contributed by atoms with Crippen LogP contribution in [0.4, 0.5) is 0 Å². The van der Waals surface area contributed by atoms with Gasteiger partial charge in [0.2, 0.25) is 0 Å². The molecule has 3 rings (SSSR count). The smallest absolute Gasteiger partial charge is 0.123 e. The predicted molar refractivity (Wildman–Crippen MR) is 83.1 cm³/mol. The highest BCUT2D eigenvalue weighted by Gasteiger charge is 2.27. The quantitative estimate of drug-likeness (QED) is 0.886. The van der Waals surface area contributed by atoms with Gasteiger partial charge in [0.25, 0.3) is 0 Å². The van der Waals surface area contributed by atoms with Gasteiger partial charge in [-0.15, -0.1) is 0 Å². The van der Waals surface area contributed by atoms with Gasteiger partial charge in [0.05, 0.1) is 0 Å². The maximum absolute atomic E-state index is 9.45. The fourth-order valence-corrected chi connectivity index (χ4v) is 3.79. The molecule has 0 spiro atoms. The van der Waals surface area contributed by atoms with Crippen LogP contribution in [0.5, 0.6) is 5.75 Å². The molecule has 1 saturated carbocycles. The van der Waals surface area contributed by atoms with E-state index in [4.69, 9.17) is 4.74 Å². The highest BCUT2D eigenvalue weighted by molar-refractivity contribution is 9.10. The molecule has 0 radical (unpaired) electrons. The van der Waals surface area contributed by atoms with Crippen molar-refractivity contribution in [1.29, 1.82) is 0 Å². The lowest BCUT2D eigenvalue weighted by Gasteiger charge is -2.31. The Balaban J connectivity index is 1.53. The average Bonchev–Trinajstić information content (AvgIpc) is 2.87. The van der Waals surface area contributed by atoms with Gasteiger partial charge in [-0.3, -0.25) is 0 Å². The van der Waals surface area contributed by atoms with Gasteiger partial charge >= 0.3 is 0 Å². The topological polar surface area (TPSA) is 41.5 Å². The van der Waals surface area contributed by atoms with E-state index in [1.807, 2.05) is 12.1 Å². The van der Waals surface area contributed by atoms with Crippen molar-refractivity contribution in [3.05, 3.63) is 28.2 Å². The maximum atomic E-state index is 9.45. The molecular weight excluding hydrogens is 318 g/mol. The number of halogens is 1.